The van der Waals surface area contributed by atoms with Crippen molar-refractivity contribution < 1.29 is 22.8 Å². The molecule has 0 fully saturated rings. The Morgan fingerprint density at radius 2 is 1.88 bits per heavy atom. The molecule has 0 aliphatic heterocycles. The second-order valence-electron chi connectivity index (χ2n) is 2.69. The van der Waals surface area contributed by atoms with Crippen LogP contribution in [0.3, 0.4) is 0 Å². The van der Waals surface area contributed by atoms with E-state index >= 15 is 0 Å². The number of non-ortho nitro benzene ring substituents is 1. The van der Waals surface area contributed by atoms with Crippen molar-refractivity contribution in [2.75, 3.05) is 5.73 Å². The first-order valence-corrected chi connectivity index (χ1v) is 4.87. The highest BCUT2D eigenvalue weighted by Gasteiger charge is 2.24. The molecule has 3 N–H and O–H groups in total. The minimum Gasteiger partial charge on any atom is -0.390 e. The molecule has 0 aliphatic rings. The molecule has 1 unspecified atom stereocenters. The number of nitrogen functional groups attached to an aromatic ring is 1. The molecule has 0 heterocycles. The Labute approximate surface area is 95.8 Å². The maximum Gasteiger partial charge on any atom is 0.357 e. The Bertz CT molecular complexity index is 517. The lowest BCUT2D eigenvalue weighted by Crippen LogP contribution is -2.04. The predicted molar refractivity (Wildman–Crippen MR) is 55.6 cm³/mol. The van der Waals surface area contributed by atoms with Crippen molar-refractivity contribution in [2.24, 2.45) is 0 Å². The van der Waals surface area contributed by atoms with Gasteiger partial charge >= 0.3 is 17.0 Å². The SMILES string of the molecule is Nc1c(OS(=O)O)cc([N+](=O)[O-])cc1[N+](=O)[O-]. The van der Waals surface area contributed by atoms with E-state index < -0.39 is 44.0 Å². The Balaban J connectivity index is 3.42. The van der Waals surface area contributed by atoms with E-state index in [0.717, 1.165) is 6.07 Å². The number of nitrogens with two attached hydrogens (primary N) is 1. The highest BCUT2D eigenvalue weighted by Crippen LogP contribution is 2.36. The number of benzene rings is 1. The van der Waals surface area contributed by atoms with Gasteiger partial charge in [-0.05, 0) is 0 Å². The predicted octanol–water partition coefficient (Wildman–Crippen LogP) is 0.601. The van der Waals surface area contributed by atoms with Crippen molar-refractivity contribution in [1.29, 1.82) is 0 Å². The van der Waals surface area contributed by atoms with E-state index in [1.807, 2.05) is 0 Å². The van der Waals surface area contributed by atoms with Crippen molar-refractivity contribution in [2.45, 2.75) is 0 Å². The van der Waals surface area contributed by atoms with Crippen LogP contribution in [0.5, 0.6) is 5.75 Å². The summed E-state index contributed by atoms with van der Waals surface area (Å²) in [5.74, 6) is -0.605. The normalized spacial score (nSPS) is 11.8. The molecular weight excluding hydrogens is 258 g/mol. The van der Waals surface area contributed by atoms with Gasteiger partial charge in [0.1, 0.15) is 0 Å². The second kappa shape index (κ2) is 4.71. The van der Waals surface area contributed by atoms with Crippen molar-refractivity contribution in [1.82, 2.24) is 0 Å². The summed E-state index contributed by atoms with van der Waals surface area (Å²) in [5.41, 5.74) is 3.25. The van der Waals surface area contributed by atoms with E-state index in [9.17, 15) is 24.4 Å². The molecule has 0 aromatic heterocycles. The molecule has 17 heavy (non-hydrogen) atoms. The molecule has 10 nitrogen and oxygen atoms in total. The number of hydrogen-bond acceptors (Lipinski definition) is 7. The fourth-order valence-corrected chi connectivity index (χ4v) is 1.29. The zero-order chi connectivity index (χ0) is 13.2. The summed E-state index contributed by atoms with van der Waals surface area (Å²) in [7, 11) is 0. The Morgan fingerprint density at radius 1 is 1.29 bits per heavy atom. The standard InChI is InChI=1S/C6H5N3O7S/c7-6-4(9(12)13)1-3(8(10)11)2-5(6)16-17(14)15/h1-2H,7H2,(H,14,15). The minimum absolute atomic E-state index is 0.567. The van der Waals surface area contributed by atoms with E-state index in [4.69, 9.17) is 10.3 Å². The fourth-order valence-electron chi connectivity index (χ4n) is 1.000. The van der Waals surface area contributed by atoms with E-state index in [0.29, 0.717) is 6.07 Å². The average molecular weight is 263 g/mol. The van der Waals surface area contributed by atoms with Gasteiger partial charge in [-0.2, -0.15) is 4.21 Å². The quantitative estimate of drug-likeness (QED) is 0.345. The lowest BCUT2D eigenvalue weighted by molar-refractivity contribution is -0.393. The summed E-state index contributed by atoms with van der Waals surface area (Å²) in [5, 5.41) is 21.0. The number of nitro benzene ring substituents is 2. The van der Waals surface area contributed by atoms with Crippen LogP contribution in [0.4, 0.5) is 17.1 Å². The number of nitro groups is 2. The third-order valence-electron chi connectivity index (χ3n) is 1.67. The summed E-state index contributed by atoms with van der Waals surface area (Å²) >= 11 is -2.80. The van der Waals surface area contributed by atoms with Gasteiger partial charge in [0.05, 0.1) is 22.0 Å². The van der Waals surface area contributed by atoms with Gasteiger partial charge in [0, 0.05) is 0 Å². The molecule has 0 radical (unpaired) electrons. The van der Waals surface area contributed by atoms with Gasteiger partial charge in [-0.3, -0.25) is 24.8 Å². The van der Waals surface area contributed by atoms with Crippen molar-refractivity contribution in [3.63, 3.8) is 0 Å². The van der Waals surface area contributed by atoms with Crippen LogP contribution in [0.1, 0.15) is 0 Å². The van der Waals surface area contributed by atoms with Gasteiger partial charge in [0.25, 0.3) is 5.69 Å². The minimum atomic E-state index is -2.80. The first kappa shape index (κ1) is 12.8. The lowest BCUT2D eigenvalue weighted by atomic mass is 10.2. The largest absolute Gasteiger partial charge is 0.390 e. The zero-order valence-electron chi connectivity index (χ0n) is 7.93. The molecule has 0 bridgehead atoms. The summed E-state index contributed by atoms with van der Waals surface area (Å²) in [6.45, 7) is 0. The summed E-state index contributed by atoms with van der Waals surface area (Å²) < 4.78 is 23.0. The number of rotatable bonds is 4. The van der Waals surface area contributed by atoms with E-state index in [2.05, 4.69) is 4.18 Å². The van der Waals surface area contributed by atoms with Gasteiger partial charge in [0.2, 0.25) is 0 Å². The average Bonchev–Trinajstić information content (AvgIpc) is 2.19. The molecule has 1 aromatic carbocycles. The third kappa shape index (κ3) is 2.85. The van der Waals surface area contributed by atoms with Crippen LogP contribution < -0.4 is 9.92 Å². The molecule has 92 valence electrons. The van der Waals surface area contributed by atoms with Crippen molar-refractivity contribution in [3.8, 4) is 5.75 Å². The van der Waals surface area contributed by atoms with Gasteiger partial charge < -0.3 is 9.92 Å². The molecule has 0 saturated heterocycles. The van der Waals surface area contributed by atoms with E-state index in [1.165, 1.54) is 0 Å². The van der Waals surface area contributed by atoms with Gasteiger partial charge in [0.15, 0.2) is 11.4 Å². The summed E-state index contributed by atoms with van der Waals surface area (Å²) in [6.07, 6.45) is 0. The van der Waals surface area contributed by atoms with Crippen LogP contribution in [0, 0.1) is 20.2 Å². The van der Waals surface area contributed by atoms with Gasteiger partial charge in [-0.1, -0.05) is 0 Å². The fraction of sp³-hybridized carbons (Fsp3) is 0. The first-order valence-electron chi connectivity index (χ1n) is 3.84. The molecular formula is C6H5N3O7S. The van der Waals surface area contributed by atoms with Gasteiger partial charge in [-0.25, -0.2) is 0 Å². The third-order valence-corrected chi connectivity index (χ3v) is 2.00. The van der Waals surface area contributed by atoms with Crippen LogP contribution in [-0.4, -0.2) is 18.6 Å². The molecule has 1 rings (SSSR count). The highest BCUT2D eigenvalue weighted by molar-refractivity contribution is 7.74. The molecule has 1 atom stereocenters. The molecule has 0 aliphatic carbocycles. The number of nitrogens with zero attached hydrogens (tertiary/aromatic N) is 2. The topological polar surface area (TPSA) is 159 Å². The lowest BCUT2D eigenvalue weighted by Gasteiger charge is -2.04. The molecule has 11 heteroatoms. The Kier molecular flexibility index (Phi) is 3.55. The monoisotopic (exact) mass is 263 g/mol. The Morgan fingerprint density at radius 3 is 2.29 bits per heavy atom. The second-order valence-corrected chi connectivity index (χ2v) is 3.29. The molecule has 0 saturated carbocycles. The van der Waals surface area contributed by atoms with E-state index in [-0.39, 0.29) is 0 Å². The van der Waals surface area contributed by atoms with E-state index in [1.54, 1.807) is 0 Å². The molecule has 1 aromatic rings. The smallest absolute Gasteiger partial charge is 0.357 e. The van der Waals surface area contributed by atoms with Crippen LogP contribution in [0.2, 0.25) is 0 Å². The van der Waals surface area contributed by atoms with Crippen molar-refractivity contribution in [3.05, 3.63) is 32.4 Å². The maximum absolute atomic E-state index is 10.5. The van der Waals surface area contributed by atoms with Crippen LogP contribution in [0.25, 0.3) is 0 Å². The maximum atomic E-state index is 10.5. The van der Waals surface area contributed by atoms with Crippen LogP contribution in [-0.2, 0) is 11.4 Å². The van der Waals surface area contributed by atoms with Gasteiger partial charge in [-0.15, -0.1) is 0 Å². The summed E-state index contributed by atoms with van der Waals surface area (Å²) in [4.78, 5) is 19.1. The summed E-state index contributed by atoms with van der Waals surface area (Å²) in [6, 6.07) is 1.35. The Hall–Kier alpha value is -2.27. The zero-order valence-corrected chi connectivity index (χ0v) is 8.75. The first-order chi connectivity index (χ1) is 7.82. The molecule has 0 amide bonds. The highest BCUT2D eigenvalue weighted by atomic mass is 32.2. The molecule has 0 spiro atoms. The van der Waals surface area contributed by atoms with Crippen LogP contribution in [0.15, 0.2) is 12.1 Å². The van der Waals surface area contributed by atoms with Crippen molar-refractivity contribution >= 4 is 28.4 Å². The van der Waals surface area contributed by atoms with Crippen LogP contribution >= 0.6 is 0 Å². The number of anilines is 1. The number of hydrogen-bond donors (Lipinski definition) is 2.